The van der Waals surface area contributed by atoms with Gasteiger partial charge >= 0.3 is 6.18 Å². The van der Waals surface area contributed by atoms with Gasteiger partial charge in [-0.1, -0.05) is 18.2 Å². The van der Waals surface area contributed by atoms with Crippen molar-refractivity contribution in [2.75, 3.05) is 20.2 Å². The third-order valence-corrected chi connectivity index (χ3v) is 3.58. The van der Waals surface area contributed by atoms with Crippen LogP contribution in [0, 0.1) is 0 Å². The molecule has 0 aliphatic carbocycles. The maximum atomic E-state index is 12.2. The molecule has 2 rings (SSSR count). The van der Waals surface area contributed by atoms with Crippen molar-refractivity contribution in [3.05, 3.63) is 42.0 Å². The third kappa shape index (κ3) is 6.17. The third-order valence-electron chi connectivity index (χ3n) is 3.58. The molecule has 7 heteroatoms. The Morgan fingerprint density at radius 3 is 2.48 bits per heavy atom. The van der Waals surface area contributed by atoms with Crippen LogP contribution < -0.4 is 15.4 Å². The minimum atomic E-state index is -4.18. The van der Waals surface area contributed by atoms with E-state index in [-0.39, 0.29) is 6.54 Å². The normalized spacial score (nSPS) is 12.3. The fourth-order valence-corrected chi connectivity index (χ4v) is 2.33. The molecule has 0 aromatic heterocycles. The summed E-state index contributed by atoms with van der Waals surface area (Å²) >= 11 is 0. The van der Waals surface area contributed by atoms with Gasteiger partial charge in [0.25, 0.3) is 0 Å². The molecule has 25 heavy (non-hydrogen) atoms. The topological polar surface area (TPSA) is 45.7 Å². The number of alkyl halides is 3. The quantitative estimate of drug-likeness (QED) is 0.612. The number of aliphatic imine (C=N–C) groups is 1. The van der Waals surface area contributed by atoms with Crippen LogP contribution in [0.1, 0.15) is 18.9 Å². The molecule has 0 atom stereocenters. The monoisotopic (exact) mass is 353 g/mol. The van der Waals surface area contributed by atoms with Gasteiger partial charge in [-0.3, -0.25) is 0 Å². The molecule has 136 valence electrons. The number of nitrogens with one attached hydrogen (secondary N) is 2. The van der Waals surface area contributed by atoms with Gasteiger partial charge in [-0.15, -0.1) is 0 Å². The highest BCUT2D eigenvalue weighted by atomic mass is 19.4. The Kier molecular flexibility index (Phi) is 6.50. The smallest absolute Gasteiger partial charge is 0.390 e. The van der Waals surface area contributed by atoms with E-state index in [2.05, 4.69) is 15.6 Å². The van der Waals surface area contributed by atoms with Crippen LogP contribution in [0.15, 0.2) is 41.4 Å². The van der Waals surface area contributed by atoms with Gasteiger partial charge in [0.15, 0.2) is 5.96 Å². The summed E-state index contributed by atoms with van der Waals surface area (Å²) in [6, 6.07) is 11.7. The molecular formula is C18H22F3N3O. The molecule has 0 radical (unpaired) electrons. The number of hydrogen-bond acceptors (Lipinski definition) is 2. The number of rotatable bonds is 6. The first kappa shape index (κ1) is 18.9. The highest BCUT2D eigenvalue weighted by Crippen LogP contribution is 2.22. The molecule has 2 aromatic carbocycles. The molecule has 0 amide bonds. The van der Waals surface area contributed by atoms with Crippen molar-refractivity contribution in [1.29, 1.82) is 0 Å². The van der Waals surface area contributed by atoms with E-state index in [4.69, 9.17) is 4.74 Å². The van der Waals surface area contributed by atoms with Crippen LogP contribution in [0.4, 0.5) is 13.2 Å². The zero-order chi connectivity index (χ0) is 18.3. The van der Waals surface area contributed by atoms with Crippen LogP contribution in [-0.4, -0.2) is 32.3 Å². The first-order valence-corrected chi connectivity index (χ1v) is 8.07. The van der Waals surface area contributed by atoms with Gasteiger partial charge in [0, 0.05) is 13.1 Å². The largest absolute Gasteiger partial charge is 0.497 e. The number of halogens is 3. The van der Waals surface area contributed by atoms with Crippen LogP contribution in [0.2, 0.25) is 0 Å². The van der Waals surface area contributed by atoms with E-state index < -0.39 is 12.6 Å². The average Bonchev–Trinajstić information content (AvgIpc) is 2.58. The number of hydrogen-bond donors (Lipinski definition) is 2. The Morgan fingerprint density at radius 1 is 1.08 bits per heavy atom. The lowest BCUT2D eigenvalue weighted by Gasteiger charge is -2.12. The van der Waals surface area contributed by atoms with Crippen LogP contribution in [0.5, 0.6) is 5.75 Å². The predicted molar refractivity (Wildman–Crippen MR) is 94.0 cm³/mol. The van der Waals surface area contributed by atoms with Gasteiger partial charge in [-0.2, -0.15) is 13.2 Å². The molecule has 0 aliphatic heterocycles. The molecule has 0 spiro atoms. The maximum Gasteiger partial charge on any atom is 0.390 e. The molecule has 0 saturated carbocycles. The second kappa shape index (κ2) is 8.60. The van der Waals surface area contributed by atoms with Gasteiger partial charge < -0.3 is 15.4 Å². The Labute approximate surface area is 145 Å². The number of ether oxygens (including phenoxy) is 1. The second-order valence-corrected chi connectivity index (χ2v) is 5.53. The lowest BCUT2D eigenvalue weighted by molar-refractivity contribution is -0.132. The lowest BCUT2D eigenvalue weighted by Crippen LogP contribution is -2.38. The fraction of sp³-hybridized carbons (Fsp3) is 0.389. The Morgan fingerprint density at radius 2 is 1.80 bits per heavy atom. The lowest BCUT2D eigenvalue weighted by atomic mass is 10.1. The van der Waals surface area contributed by atoms with E-state index in [9.17, 15) is 13.2 Å². The summed E-state index contributed by atoms with van der Waals surface area (Å²) in [5.41, 5.74) is 0.977. The minimum Gasteiger partial charge on any atom is -0.497 e. The summed E-state index contributed by atoms with van der Waals surface area (Å²) in [6.45, 7) is 2.62. The fourth-order valence-electron chi connectivity index (χ4n) is 2.33. The van der Waals surface area contributed by atoms with E-state index in [0.29, 0.717) is 19.0 Å². The zero-order valence-corrected chi connectivity index (χ0v) is 14.3. The molecule has 0 bridgehead atoms. The maximum absolute atomic E-state index is 12.2. The first-order valence-electron chi connectivity index (χ1n) is 8.07. The van der Waals surface area contributed by atoms with Gasteiger partial charge in [0.1, 0.15) is 5.75 Å². The van der Waals surface area contributed by atoms with E-state index >= 15 is 0 Å². The van der Waals surface area contributed by atoms with Crippen molar-refractivity contribution in [1.82, 2.24) is 10.6 Å². The number of nitrogens with zero attached hydrogens (tertiary/aromatic N) is 1. The molecule has 4 nitrogen and oxygen atoms in total. The molecule has 2 N–H and O–H groups in total. The Bertz CT molecular complexity index is 729. The van der Waals surface area contributed by atoms with Gasteiger partial charge in [0.2, 0.25) is 0 Å². The molecule has 0 heterocycles. The molecule has 0 saturated heterocycles. The van der Waals surface area contributed by atoms with Crippen LogP contribution in [0.3, 0.4) is 0 Å². The van der Waals surface area contributed by atoms with Crippen molar-refractivity contribution in [2.45, 2.75) is 26.1 Å². The average molecular weight is 353 g/mol. The zero-order valence-electron chi connectivity index (χ0n) is 14.3. The highest BCUT2D eigenvalue weighted by molar-refractivity contribution is 5.84. The van der Waals surface area contributed by atoms with Gasteiger partial charge in [0.05, 0.1) is 20.1 Å². The van der Waals surface area contributed by atoms with Crippen LogP contribution >= 0.6 is 0 Å². The number of guanidine groups is 1. The van der Waals surface area contributed by atoms with E-state index in [1.165, 1.54) is 0 Å². The summed E-state index contributed by atoms with van der Waals surface area (Å²) in [5.74, 6) is 1.17. The van der Waals surface area contributed by atoms with Crippen LogP contribution in [0.25, 0.3) is 10.8 Å². The van der Waals surface area contributed by atoms with Crippen LogP contribution in [-0.2, 0) is 6.54 Å². The Hall–Kier alpha value is -2.44. The number of fused-ring (bicyclic) bond motifs is 1. The summed E-state index contributed by atoms with van der Waals surface area (Å²) in [7, 11) is 1.62. The summed E-state index contributed by atoms with van der Waals surface area (Å²) < 4.78 is 41.9. The molecular weight excluding hydrogens is 331 g/mol. The SMILES string of the molecule is CCNC(=NCc1ccc2cc(OC)ccc2c1)NCCC(F)(F)F. The van der Waals surface area contributed by atoms with E-state index in [1.54, 1.807) is 7.11 Å². The summed E-state index contributed by atoms with van der Waals surface area (Å²) in [4.78, 5) is 4.35. The second-order valence-electron chi connectivity index (χ2n) is 5.53. The van der Waals surface area contributed by atoms with E-state index in [0.717, 1.165) is 22.1 Å². The van der Waals surface area contributed by atoms with Crippen molar-refractivity contribution in [3.8, 4) is 5.75 Å². The van der Waals surface area contributed by atoms with Crippen molar-refractivity contribution in [3.63, 3.8) is 0 Å². The molecule has 0 aliphatic rings. The summed E-state index contributed by atoms with van der Waals surface area (Å²) in [5, 5.41) is 7.76. The summed E-state index contributed by atoms with van der Waals surface area (Å²) in [6.07, 6.45) is -5.07. The highest BCUT2D eigenvalue weighted by Gasteiger charge is 2.26. The molecule has 2 aromatic rings. The number of methoxy groups -OCH3 is 1. The van der Waals surface area contributed by atoms with Gasteiger partial charge in [-0.05, 0) is 41.5 Å². The predicted octanol–water partition coefficient (Wildman–Crippen LogP) is 3.86. The Balaban J connectivity index is 2.04. The molecule has 0 unspecified atom stereocenters. The van der Waals surface area contributed by atoms with Crippen molar-refractivity contribution in [2.24, 2.45) is 4.99 Å². The minimum absolute atomic E-state index is 0.202. The standard InChI is InChI=1S/C18H22F3N3O/c1-3-22-17(23-9-8-18(19,20)21)24-12-13-4-5-15-11-16(25-2)7-6-14(15)10-13/h4-7,10-11H,3,8-9,12H2,1-2H3,(H2,22,23,24). The first-order chi connectivity index (χ1) is 11.9. The van der Waals surface area contributed by atoms with Crippen molar-refractivity contribution < 1.29 is 17.9 Å². The molecule has 0 fully saturated rings. The van der Waals surface area contributed by atoms with E-state index in [1.807, 2.05) is 43.3 Å². The number of benzene rings is 2. The van der Waals surface area contributed by atoms with Gasteiger partial charge in [-0.25, -0.2) is 4.99 Å². The van der Waals surface area contributed by atoms with Crippen molar-refractivity contribution >= 4 is 16.7 Å².